The van der Waals surface area contributed by atoms with E-state index in [9.17, 15) is 4.79 Å². The zero-order valence-corrected chi connectivity index (χ0v) is 16.7. The second kappa shape index (κ2) is 8.45. The molecule has 7 nitrogen and oxygen atoms in total. The van der Waals surface area contributed by atoms with Crippen molar-refractivity contribution in [1.82, 2.24) is 25.0 Å². The van der Waals surface area contributed by atoms with E-state index in [0.717, 1.165) is 42.3 Å². The van der Waals surface area contributed by atoms with Gasteiger partial charge >= 0.3 is 0 Å². The first-order valence-electron chi connectivity index (χ1n) is 9.85. The molecule has 0 radical (unpaired) electrons. The van der Waals surface area contributed by atoms with Gasteiger partial charge in [0.25, 0.3) is 5.91 Å². The van der Waals surface area contributed by atoms with Crippen LogP contribution in [0.3, 0.4) is 0 Å². The maximum absolute atomic E-state index is 13.3. The summed E-state index contributed by atoms with van der Waals surface area (Å²) in [6.07, 6.45) is 1.55. The number of carbonyl (C=O) groups is 1. The van der Waals surface area contributed by atoms with Gasteiger partial charge in [0.2, 0.25) is 0 Å². The van der Waals surface area contributed by atoms with Crippen LogP contribution < -0.4 is 10.1 Å². The Morgan fingerprint density at radius 1 is 1.24 bits per heavy atom. The lowest BCUT2D eigenvalue weighted by atomic mass is 10.0. The molecular weight excluding hydrogens is 366 g/mol. The Morgan fingerprint density at radius 3 is 2.83 bits per heavy atom. The average Bonchev–Trinajstić information content (AvgIpc) is 3.28. The zero-order valence-electron chi connectivity index (χ0n) is 16.7. The number of aromatic nitrogens is 3. The number of nitrogens with one attached hydrogen (secondary N) is 1. The summed E-state index contributed by atoms with van der Waals surface area (Å²) >= 11 is 0. The van der Waals surface area contributed by atoms with Crippen molar-refractivity contribution in [2.45, 2.75) is 19.5 Å². The summed E-state index contributed by atoms with van der Waals surface area (Å²) < 4.78 is 7.20. The Morgan fingerprint density at radius 2 is 2.07 bits per heavy atom. The van der Waals surface area contributed by atoms with Crippen molar-refractivity contribution in [3.63, 3.8) is 0 Å². The van der Waals surface area contributed by atoms with Gasteiger partial charge in [0.1, 0.15) is 12.1 Å². The molecule has 1 N–H and O–H groups in total. The molecule has 0 spiro atoms. The molecule has 2 aromatic carbocycles. The monoisotopic (exact) mass is 391 g/mol. The van der Waals surface area contributed by atoms with Gasteiger partial charge in [-0.3, -0.25) is 4.79 Å². The molecule has 1 aliphatic heterocycles. The number of nitrogens with zero attached hydrogens (tertiary/aromatic N) is 4. The topological polar surface area (TPSA) is 72.3 Å². The first-order valence-corrected chi connectivity index (χ1v) is 9.85. The van der Waals surface area contributed by atoms with E-state index in [1.807, 2.05) is 65.0 Å². The maximum atomic E-state index is 13.3. The number of hydrogen-bond donors (Lipinski definition) is 1. The van der Waals surface area contributed by atoms with Gasteiger partial charge in [-0.2, -0.15) is 5.10 Å². The van der Waals surface area contributed by atoms with E-state index in [4.69, 9.17) is 4.74 Å². The maximum Gasteiger partial charge on any atom is 0.254 e. The van der Waals surface area contributed by atoms with Crippen LogP contribution in [0.5, 0.6) is 5.75 Å². The lowest BCUT2D eigenvalue weighted by Gasteiger charge is -2.36. The second-order valence-electron chi connectivity index (χ2n) is 6.97. The number of methoxy groups -OCH3 is 1. The van der Waals surface area contributed by atoms with Crippen molar-refractivity contribution in [1.29, 1.82) is 0 Å². The number of carbonyl (C=O) groups excluding carboxylic acids is 1. The van der Waals surface area contributed by atoms with Gasteiger partial charge in [0.05, 0.1) is 13.2 Å². The molecule has 150 valence electrons. The lowest BCUT2D eigenvalue weighted by Crippen LogP contribution is -2.48. The molecular formula is C22H25N5O2. The van der Waals surface area contributed by atoms with Crippen LogP contribution in [0.25, 0.3) is 11.4 Å². The van der Waals surface area contributed by atoms with Gasteiger partial charge in [0.15, 0.2) is 5.82 Å². The van der Waals surface area contributed by atoms with Crippen LogP contribution in [-0.4, -0.2) is 52.3 Å². The molecule has 1 aromatic heterocycles. The fourth-order valence-electron chi connectivity index (χ4n) is 3.74. The van der Waals surface area contributed by atoms with Crippen LogP contribution in [0.2, 0.25) is 0 Å². The van der Waals surface area contributed by atoms with Crippen LogP contribution in [0, 0.1) is 0 Å². The van der Waals surface area contributed by atoms with Gasteiger partial charge in [-0.25, -0.2) is 9.67 Å². The summed E-state index contributed by atoms with van der Waals surface area (Å²) in [4.78, 5) is 19.6. The van der Waals surface area contributed by atoms with E-state index >= 15 is 0 Å². The van der Waals surface area contributed by atoms with Crippen LogP contribution in [0.4, 0.5) is 0 Å². The largest absolute Gasteiger partial charge is 0.497 e. The molecule has 0 aliphatic carbocycles. The van der Waals surface area contributed by atoms with Gasteiger partial charge in [-0.05, 0) is 36.8 Å². The minimum atomic E-state index is -0.0331. The molecule has 2 heterocycles. The lowest BCUT2D eigenvalue weighted by molar-refractivity contribution is 0.0634. The molecule has 29 heavy (non-hydrogen) atoms. The zero-order chi connectivity index (χ0) is 20.2. The number of hydrogen-bond acceptors (Lipinski definition) is 5. The molecule has 1 saturated heterocycles. The summed E-state index contributed by atoms with van der Waals surface area (Å²) in [5.41, 5.74) is 2.69. The predicted molar refractivity (Wildman–Crippen MR) is 111 cm³/mol. The van der Waals surface area contributed by atoms with Crippen molar-refractivity contribution in [2.24, 2.45) is 0 Å². The standard InChI is InChI=1S/C22H25N5O2/c1-3-27-21(24-15-25-27)16-7-9-17(10-8-16)22(28)26-12-11-23-14-20(26)18-5-4-6-19(13-18)29-2/h4-10,13,15,20,23H,3,11-12,14H2,1-2H3. The summed E-state index contributed by atoms with van der Waals surface area (Å²) in [5.74, 6) is 1.63. The predicted octanol–water partition coefficient (Wildman–Crippen LogP) is 2.76. The summed E-state index contributed by atoms with van der Waals surface area (Å²) in [5, 5.41) is 7.61. The van der Waals surface area contributed by atoms with Gasteiger partial charge in [0, 0.05) is 37.3 Å². The van der Waals surface area contributed by atoms with E-state index < -0.39 is 0 Å². The minimum Gasteiger partial charge on any atom is -0.497 e. The van der Waals surface area contributed by atoms with Crippen molar-refractivity contribution in [3.8, 4) is 17.1 Å². The molecule has 1 fully saturated rings. The average molecular weight is 391 g/mol. The third-order valence-corrected chi connectivity index (χ3v) is 5.29. The highest BCUT2D eigenvalue weighted by atomic mass is 16.5. The SMILES string of the molecule is CCn1ncnc1-c1ccc(C(=O)N2CCNCC2c2cccc(OC)c2)cc1. The highest BCUT2D eigenvalue weighted by molar-refractivity contribution is 5.95. The third-order valence-electron chi connectivity index (χ3n) is 5.29. The summed E-state index contributed by atoms with van der Waals surface area (Å²) in [7, 11) is 1.65. The molecule has 7 heteroatoms. The fraction of sp³-hybridized carbons (Fsp3) is 0.318. The van der Waals surface area contributed by atoms with Crippen molar-refractivity contribution >= 4 is 5.91 Å². The Labute approximate surface area is 170 Å². The molecule has 4 rings (SSSR count). The fourth-order valence-corrected chi connectivity index (χ4v) is 3.74. The van der Waals surface area contributed by atoms with Gasteiger partial charge < -0.3 is 15.0 Å². The van der Waals surface area contributed by atoms with Gasteiger partial charge in [-0.15, -0.1) is 0 Å². The molecule has 1 amide bonds. The van der Waals surface area contributed by atoms with E-state index in [-0.39, 0.29) is 11.9 Å². The molecule has 1 unspecified atom stereocenters. The molecule has 1 aliphatic rings. The second-order valence-corrected chi connectivity index (χ2v) is 6.97. The Bertz CT molecular complexity index is 983. The molecule has 3 aromatic rings. The van der Waals surface area contributed by atoms with Crippen LogP contribution in [0.1, 0.15) is 28.9 Å². The normalized spacial score (nSPS) is 16.6. The van der Waals surface area contributed by atoms with Crippen LogP contribution in [-0.2, 0) is 6.54 Å². The Kier molecular flexibility index (Phi) is 5.57. The molecule has 0 bridgehead atoms. The van der Waals surface area contributed by atoms with Crippen LogP contribution in [0.15, 0.2) is 54.9 Å². The number of rotatable bonds is 5. The molecule has 0 saturated carbocycles. The van der Waals surface area contributed by atoms with E-state index in [2.05, 4.69) is 15.4 Å². The first-order chi connectivity index (χ1) is 14.2. The highest BCUT2D eigenvalue weighted by Crippen LogP contribution is 2.27. The van der Waals surface area contributed by atoms with E-state index in [0.29, 0.717) is 12.1 Å². The van der Waals surface area contributed by atoms with Crippen molar-refractivity contribution in [3.05, 3.63) is 66.0 Å². The Hall–Kier alpha value is -3.19. The summed E-state index contributed by atoms with van der Waals surface area (Å²) in [6, 6.07) is 15.5. The molecule has 1 atom stereocenters. The first kappa shape index (κ1) is 19.1. The number of piperazine rings is 1. The quantitative estimate of drug-likeness (QED) is 0.724. The number of benzene rings is 2. The van der Waals surface area contributed by atoms with Crippen molar-refractivity contribution in [2.75, 3.05) is 26.7 Å². The number of aryl methyl sites for hydroxylation is 1. The highest BCUT2D eigenvalue weighted by Gasteiger charge is 2.29. The summed E-state index contributed by atoms with van der Waals surface area (Å²) in [6.45, 7) is 4.94. The minimum absolute atomic E-state index is 0.0304. The Balaban J connectivity index is 1.58. The smallest absolute Gasteiger partial charge is 0.254 e. The van der Waals surface area contributed by atoms with Crippen molar-refractivity contribution < 1.29 is 9.53 Å². The van der Waals surface area contributed by atoms with E-state index in [1.165, 1.54) is 0 Å². The number of ether oxygens (including phenoxy) is 1. The van der Waals surface area contributed by atoms with Crippen LogP contribution >= 0.6 is 0 Å². The van der Waals surface area contributed by atoms with E-state index in [1.54, 1.807) is 13.4 Å². The number of amides is 1. The van der Waals surface area contributed by atoms with Gasteiger partial charge in [-0.1, -0.05) is 24.3 Å². The third kappa shape index (κ3) is 3.86.